The minimum Gasteiger partial charge on any atom is -0.481 e. The molecule has 6 heteroatoms. The molecule has 0 aromatic heterocycles. The van der Waals surface area contributed by atoms with Crippen molar-refractivity contribution in [3.05, 3.63) is 0 Å². The van der Waals surface area contributed by atoms with E-state index in [4.69, 9.17) is 10.2 Å². The van der Waals surface area contributed by atoms with E-state index in [0.717, 1.165) is 0 Å². The lowest BCUT2D eigenvalue weighted by Crippen LogP contribution is -2.46. The molecule has 2 amide bonds. The molecule has 16 heavy (non-hydrogen) atoms. The molecule has 1 fully saturated rings. The zero-order valence-electron chi connectivity index (χ0n) is 9.56. The molecule has 0 radical (unpaired) electrons. The molecule has 0 saturated heterocycles. The summed E-state index contributed by atoms with van der Waals surface area (Å²) in [5.41, 5.74) is -0.751. The molecule has 0 aliphatic heterocycles. The number of hydrogen-bond acceptors (Lipinski definition) is 3. The standard InChI is InChI=1S/C10H18N2O4/c1-7(5-13)12(2)9(16)11-6-10(3-4-10)8(14)15/h7,13H,3-6H2,1-2H3,(H,11,16)(H,14,15). The highest BCUT2D eigenvalue weighted by Crippen LogP contribution is 2.45. The topological polar surface area (TPSA) is 89.9 Å². The number of amides is 2. The Balaban J connectivity index is 2.38. The summed E-state index contributed by atoms with van der Waals surface area (Å²) < 4.78 is 0. The van der Waals surface area contributed by atoms with Crippen LogP contribution in [-0.4, -0.2) is 53.4 Å². The third-order valence-corrected chi connectivity index (χ3v) is 3.13. The Labute approximate surface area is 94.2 Å². The number of rotatable bonds is 5. The van der Waals surface area contributed by atoms with Crippen molar-refractivity contribution in [2.75, 3.05) is 20.2 Å². The number of likely N-dealkylation sites (N-methyl/N-ethyl adjacent to an activating group) is 1. The van der Waals surface area contributed by atoms with Crippen LogP contribution in [-0.2, 0) is 4.79 Å². The molecule has 6 nitrogen and oxygen atoms in total. The van der Waals surface area contributed by atoms with Crippen LogP contribution in [0.1, 0.15) is 19.8 Å². The number of nitrogens with one attached hydrogen (secondary N) is 1. The first-order valence-corrected chi connectivity index (χ1v) is 5.28. The monoisotopic (exact) mass is 230 g/mol. The molecule has 1 rings (SSSR count). The Kier molecular flexibility index (Phi) is 3.74. The third-order valence-electron chi connectivity index (χ3n) is 3.13. The van der Waals surface area contributed by atoms with E-state index in [0.29, 0.717) is 12.8 Å². The maximum Gasteiger partial charge on any atom is 0.317 e. The molecule has 0 bridgehead atoms. The van der Waals surface area contributed by atoms with Gasteiger partial charge in [-0.2, -0.15) is 0 Å². The van der Waals surface area contributed by atoms with Crippen LogP contribution in [0.25, 0.3) is 0 Å². The quantitative estimate of drug-likeness (QED) is 0.614. The molecule has 0 spiro atoms. The molecule has 0 aromatic carbocycles. The van der Waals surface area contributed by atoms with Crippen molar-refractivity contribution in [1.29, 1.82) is 0 Å². The second kappa shape index (κ2) is 4.69. The van der Waals surface area contributed by atoms with Crippen molar-refractivity contribution in [1.82, 2.24) is 10.2 Å². The predicted octanol–water partition coefficient (Wildman–Crippen LogP) is -0.127. The summed E-state index contributed by atoms with van der Waals surface area (Å²) in [5.74, 6) is -0.856. The van der Waals surface area contributed by atoms with E-state index >= 15 is 0 Å². The van der Waals surface area contributed by atoms with Crippen LogP contribution in [0.2, 0.25) is 0 Å². The fourth-order valence-electron chi connectivity index (χ4n) is 1.31. The number of carbonyl (C=O) groups is 2. The molecule has 0 heterocycles. The van der Waals surface area contributed by atoms with Gasteiger partial charge in [0.15, 0.2) is 0 Å². The first-order chi connectivity index (χ1) is 7.43. The minimum atomic E-state index is -0.856. The normalized spacial score (nSPS) is 18.7. The third kappa shape index (κ3) is 2.63. The van der Waals surface area contributed by atoms with Gasteiger partial charge >= 0.3 is 12.0 Å². The number of urea groups is 1. The van der Waals surface area contributed by atoms with Crippen molar-refractivity contribution in [3.8, 4) is 0 Å². The van der Waals surface area contributed by atoms with Crippen molar-refractivity contribution < 1.29 is 19.8 Å². The van der Waals surface area contributed by atoms with Gasteiger partial charge < -0.3 is 20.4 Å². The molecule has 92 valence electrons. The van der Waals surface area contributed by atoms with Gasteiger partial charge in [0.25, 0.3) is 0 Å². The van der Waals surface area contributed by atoms with Crippen molar-refractivity contribution in [3.63, 3.8) is 0 Å². The summed E-state index contributed by atoms with van der Waals surface area (Å²) in [6.45, 7) is 1.75. The minimum absolute atomic E-state index is 0.117. The molecule has 3 N–H and O–H groups in total. The number of aliphatic hydroxyl groups excluding tert-OH is 1. The number of aliphatic hydroxyl groups is 1. The molecule has 1 aliphatic rings. The molecule has 1 aliphatic carbocycles. The second-order valence-electron chi connectivity index (χ2n) is 4.39. The Hall–Kier alpha value is -1.30. The Morgan fingerprint density at radius 3 is 2.44 bits per heavy atom. The van der Waals surface area contributed by atoms with Crippen LogP contribution >= 0.6 is 0 Å². The van der Waals surface area contributed by atoms with Gasteiger partial charge in [-0.25, -0.2) is 4.79 Å². The largest absolute Gasteiger partial charge is 0.481 e. The highest BCUT2D eigenvalue weighted by atomic mass is 16.4. The Morgan fingerprint density at radius 2 is 2.06 bits per heavy atom. The molecule has 1 unspecified atom stereocenters. The zero-order chi connectivity index (χ0) is 12.3. The Bertz CT molecular complexity index is 289. The van der Waals surface area contributed by atoms with Gasteiger partial charge in [-0.05, 0) is 19.8 Å². The second-order valence-corrected chi connectivity index (χ2v) is 4.39. The van der Waals surface area contributed by atoms with E-state index in [2.05, 4.69) is 5.32 Å². The highest BCUT2D eigenvalue weighted by molar-refractivity contribution is 5.80. The first-order valence-electron chi connectivity index (χ1n) is 5.28. The van der Waals surface area contributed by atoms with Crippen molar-refractivity contribution in [2.24, 2.45) is 5.41 Å². The maximum atomic E-state index is 11.6. The summed E-state index contributed by atoms with van der Waals surface area (Å²) in [5, 5.41) is 20.3. The van der Waals surface area contributed by atoms with Gasteiger partial charge in [0.1, 0.15) is 0 Å². The predicted molar refractivity (Wildman–Crippen MR) is 57.0 cm³/mol. The average Bonchev–Trinajstić information content (AvgIpc) is 3.04. The number of carboxylic acids is 1. The molecular formula is C10H18N2O4. The zero-order valence-corrected chi connectivity index (χ0v) is 9.56. The summed E-state index contributed by atoms with van der Waals surface area (Å²) in [7, 11) is 1.57. The fraction of sp³-hybridized carbons (Fsp3) is 0.800. The smallest absolute Gasteiger partial charge is 0.317 e. The van der Waals surface area contributed by atoms with E-state index < -0.39 is 11.4 Å². The van der Waals surface area contributed by atoms with Crippen LogP contribution in [0.15, 0.2) is 0 Å². The van der Waals surface area contributed by atoms with E-state index in [-0.39, 0.29) is 25.2 Å². The molecule has 1 atom stereocenters. The summed E-state index contributed by atoms with van der Waals surface area (Å²) in [4.78, 5) is 23.8. The van der Waals surface area contributed by atoms with Gasteiger partial charge in [0, 0.05) is 13.6 Å². The number of nitrogens with zero attached hydrogens (tertiary/aromatic N) is 1. The lowest BCUT2D eigenvalue weighted by Gasteiger charge is -2.24. The van der Waals surface area contributed by atoms with E-state index in [1.54, 1.807) is 14.0 Å². The van der Waals surface area contributed by atoms with E-state index in [1.807, 2.05) is 0 Å². The molecule has 1 saturated carbocycles. The van der Waals surface area contributed by atoms with Gasteiger partial charge in [0.05, 0.1) is 18.1 Å². The van der Waals surface area contributed by atoms with Gasteiger partial charge in [-0.3, -0.25) is 4.79 Å². The maximum absolute atomic E-state index is 11.6. The number of carbonyl (C=O) groups excluding carboxylic acids is 1. The van der Waals surface area contributed by atoms with E-state index in [1.165, 1.54) is 4.90 Å². The average molecular weight is 230 g/mol. The lowest BCUT2D eigenvalue weighted by molar-refractivity contribution is -0.143. The van der Waals surface area contributed by atoms with Gasteiger partial charge in [-0.15, -0.1) is 0 Å². The number of hydrogen-bond donors (Lipinski definition) is 3. The number of carboxylic acid groups (broad SMARTS) is 1. The Morgan fingerprint density at radius 1 is 1.50 bits per heavy atom. The van der Waals surface area contributed by atoms with Crippen LogP contribution in [0.3, 0.4) is 0 Å². The summed E-state index contributed by atoms with van der Waals surface area (Å²) >= 11 is 0. The fourth-order valence-corrected chi connectivity index (χ4v) is 1.31. The van der Waals surface area contributed by atoms with Crippen LogP contribution in [0.5, 0.6) is 0 Å². The SMILES string of the molecule is CC(CO)N(C)C(=O)NCC1(C(=O)O)CC1. The van der Waals surface area contributed by atoms with Crippen molar-refractivity contribution in [2.45, 2.75) is 25.8 Å². The summed E-state index contributed by atoms with van der Waals surface area (Å²) in [6, 6.07) is -0.631. The van der Waals surface area contributed by atoms with Gasteiger partial charge in [-0.1, -0.05) is 0 Å². The molecular weight excluding hydrogens is 212 g/mol. The van der Waals surface area contributed by atoms with Gasteiger partial charge in [0.2, 0.25) is 0 Å². The van der Waals surface area contributed by atoms with E-state index in [9.17, 15) is 9.59 Å². The van der Waals surface area contributed by atoms with Crippen LogP contribution < -0.4 is 5.32 Å². The molecule has 0 aromatic rings. The number of aliphatic carboxylic acids is 1. The first kappa shape index (κ1) is 12.8. The summed E-state index contributed by atoms with van der Waals surface area (Å²) in [6.07, 6.45) is 1.23. The highest BCUT2D eigenvalue weighted by Gasteiger charge is 2.50. The van der Waals surface area contributed by atoms with Crippen LogP contribution in [0, 0.1) is 5.41 Å². The van der Waals surface area contributed by atoms with Crippen molar-refractivity contribution >= 4 is 12.0 Å². The van der Waals surface area contributed by atoms with Crippen LogP contribution in [0.4, 0.5) is 4.79 Å². The lowest BCUT2D eigenvalue weighted by atomic mass is 10.1.